The summed E-state index contributed by atoms with van der Waals surface area (Å²) in [6.07, 6.45) is 3.10. The molecule has 0 saturated carbocycles. The summed E-state index contributed by atoms with van der Waals surface area (Å²) in [5.74, 6) is -0.715. The summed E-state index contributed by atoms with van der Waals surface area (Å²) in [6.45, 7) is 1.01. The van der Waals surface area contributed by atoms with E-state index >= 15 is 0 Å². The van der Waals surface area contributed by atoms with Crippen molar-refractivity contribution in [3.63, 3.8) is 0 Å². The summed E-state index contributed by atoms with van der Waals surface area (Å²) in [4.78, 5) is 12.4. The van der Waals surface area contributed by atoms with Crippen LogP contribution in [0.5, 0.6) is 0 Å². The van der Waals surface area contributed by atoms with Gasteiger partial charge in [0.2, 0.25) is 0 Å². The molecule has 5 heteroatoms. The lowest BCUT2D eigenvalue weighted by atomic mass is 10.1. The molecular formula is C15H15FO3S. The zero-order valence-electron chi connectivity index (χ0n) is 10.9. The maximum atomic E-state index is 13.6. The van der Waals surface area contributed by atoms with Gasteiger partial charge in [-0.25, -0.2) is 9.18 Å². The summed E-state index contributed by atoms with van der Waals surface area (Å²) in [6, 6.07) is 6.38. The SMILES string of the molecule is O=C(OCC1CCCCO1)c1cc2c(F)cccc2s1. The fourth-order valence-electron chi connectivity index (χ4n) is 2.30. The van der Waals surface area contributed by atoms with E-state index in [4.69, 9.17) is 9.47 Å². The molecule has 0 bridgehead atoms. The number of benzene rings is 1. The fraction of sp³-hybridized carbons (Fsp3) is 0.400. The minimum absolute atomic E-state index is 0.00110. The highest BCUT2D eigenvalue weighted by molar-refractivity contribution is 7.20. The van der Waals surface area contributed by atoms with Gasteiger partial charge in [-0.3, -0.25) is 0 Å². The number of rotatable bonds is 3. The number of ether oxygens (including phenoxy) is 2. The van der Waals surface area contributed by atoms with Crippen LogP contribution in [-0.4, -0.2) is 25.3 Å². The van der Waals surface area contributed by atoms with Crippen molar-refractivity contribution in [1.82, 2.24) is 0 Å². The van der Waals surface area contributed by atoms with E-state index < -0.39 is 5.97 Å². The topological polar surface area (TPSA) is 35.5 Å². The number of esters is 1. The first-order valence-electron chi connectivity index (χ1n) is 6.71. The first-order valence-corrected chi connectivity index (χ1v) is 7.52. The molecule has 20 heavy (non-hydrogen) atoms. The third kappa shape index (κ3) is 2.83. The average molecular weight is 294 g/mol. The van der Waals surface area contributed by atoms with Gasteiger partial charge in [0, 0.05) is 16.7 Å². The lowest BCUT2D eigenvalue weighted by molar-refractivity contribution is -0.0298. The number of hydrogen-bond acceptors (Lipinski definition) is 4. The Morgan fingerprint density at radius 3 is 3.10 bits per heavy atom. The van der Waals surface area contributed by atoms with E-state index in [2.05, 4.69) is 0 Å². The highest BCUT2D eigenvalue weighted by Crippen LogP contribution is 2.28. The molecular weight excluding hydrogens is 279 g/mol. The van der Waals surface area contributed by atoms with Crippen LogP contribution < -0.4 is 0 Å². The Hall–Kier alpha value is -1.46. The number of hydrogen-bond donors (Lipinski definition) is 0. The van der Waals surface area contributed by atoms with Crippen LogP contribution in [0.25, 0.3) is 10.1 Å². The second-order valence-corrected chi connectivity index (χ2v) is 5.93. The molecule has 3 rings (SSSR count). The van der Waals surface area contributed by atoms with Gasteiger partial charge in [-0.2, -0.15) is 0 Å². The van der Waals surface area contributed by atoms with Gasteiger partial charge in [0.25, 0.3) is 0 Å². The zero-order valence-corrected chi connectivity index (χ0v) is 11.7. The average Bonchev–Trinajstić information content (AvgIpc) is 2.91. The number of fused-ring (bicyclic) bond motifs is 1. The van der Waals surface area contributed by atoms with Gasteiger partial charge in [0.05, 0.1) is 6.10 Å². The van der Waals surface area contributed by atoms with E-state index in [9.17, 15) is 9.18 Å². The predicted octanol–water partition coefficient (Wildman–Crippen LogP) is 3.77. The van der Waals surface area contributed by atoms with Gasteiger partial charge in [-0.05, 0) is 37.5 Å². The van der Waals surface area contributed by atoms with Gasteiger partial charge in [-0.15, -0.1) is 11.3 Å². The fourth-order valence-corrected chi connectivity index (χ4v) is 3.27. The summed E-state index contributed by atoms with van der Waals surface area (Å²) in [5.41, 5.74) is 0. The van der Waals surface area contributed by atoms with E-state index in [1.54, 1.807) is 18.2 Å². The van der Waals surface area contributed by atoms with Gasteiger partial charge < -0.3 is 9.47 Å². The number of thiophene rings is 1. The normalized spacial score (nSPS) is 19.1. The second-order valence-electron chi connectivity index (χ2n) is 4.85. The molecule has 1 aliphatic heterocycles. The van der Waals surface area contributed by atoms with Crippen molar-refractivity contribution in [3.8, 4) is 0 Å². The maximum absolute atomic E-state index is 13.6. The van der Waals surface area contributed by atoms with Crippen molar-refractivity contribution in [2.24, 2.45) is 0 Å². The van der Waals surface area contributed by atoms with Crippen molar-refractivity contribution in [1.29, 1.82) is 0 Å². The molecule has 1 aliphatic rings. The van der Waals surface area contributed by atoms with Gasteiger partial charge in [-0.1, -0.05) is 6.07 Å². The largest absolute Gasteiger partial charge is 0.459 e. The smallest absolute Gasteiger partial charge is 0.348 e. The molecule has 2 aromatic rings. The van der Waals surface area contributed by atoms with Crippen LogP contribution in [0.4, 0.5) is 4.39 Å². The Morgan fingerprint density at radius 1 is 1.45 bits per heavy atom. The Labute approximate surface area is 120 Å². The third-order valence-corrected chi connectivity index (χ3v) is 4.46. The quantitative estimate of drug-likeness (QED) is 0.808. The van der Waals surface area contributed by atoms with Crippen molar-refractivity contribution in [2.75, 3.05) is 13.2 Å². The Kier molecular flexibility index (Phi) is 3.98. The Bertz CT molecular complexity index is 617. The first-order chi connectivity index (χ1) is 9.74. The van der Waals surface area contributed by atoms with Crippen LogP contribution in [-0.2, 0) is 9.47 Å². The van der Waals surface area contributed by atoms with Crippen LogP contribution in [0.1, 0.15) is 28.9 Å². The second kappa shape index (κ2) is 5.89. The zero-order chi connectivity index (χ0) is 13.9. The van der Waals surface area contributed by atoms with E-state index in [0.29, 0.717) is 10.3 Å². The molecule has 0 spiro atoms. The number of carbonyl (C=O) groups excluding carboxylic acids is 1. The molecule has 3 nitrogen and oxygen atoms in total. The third-order valence-electron chi connectivity index (χ3n) is 3.38. The lowest BCUT2D eigenvalue weighted by Gasteiger charge is -2.21. The monoisotopic (exact) mass is 294 g/mol. The van der Waals surface area contributed by atoms with E-state index in [0.717, 1.165) is 30.6 Å². The van der Waals surface area contributed by atoms with E-state index in [1.807, 2.05) is 0 Å². The Morgan fingerprint density at radius 2 is 2.35 bits per heavy atom. The molecule has 106 valence electrons. The molecule has 1 aromatic carbocycles. The molecule has 1 fully saturated rings. The van der Waals surface area contributed by atoms with Crippen LogP contribution in [0.3, 0.4) is 0 Å². The van der Waals surface area contributed by atoms with Crippen LogP contribution in [0.2, 0.25) is 0 Å². The molecule has 1 atom stereocenters. The van der Waals surface area contributed by atoms with Gasteiger partial charge in [0.1, 0.15) is 17.3 Å². The molecule has 0 aliphatic carbocycles. The van der Waals surface area contributed by atoms with Crippen molar-refractivity contribution >= 4 is 27.4 Å². The summed E-state index contributed by atoms with van der Waals surface area (Å²) in [7, 11) is 0. The van der Waals surface area contributed by atoms with Crippen molar-refractivity contribution < 1.29 is 18.7 Å². The van der Waals surface area contributed by atoms with Crippen LogP contribution in [0.15, 0.2) is 24.3 Å². The number of halogens is 1. The highest BCUT2D eigenvalue weighted by Gasteiger charge is 2.18. The maximum Gasteiger partial charge on any atom is 0.348 e. The van der Waals surface area contributed by atoms with E-state index in [-0.39, 0.29) is 18.5 Å². The van der Waals surface area contributed by atoms with E-state index in [1.165, 1.54) is 17.4 Å². The summed E-state index contributed by atoms with van der Waals surface area (Å²) < 4.78 is 25.1. The minimum atomic E-state index is -0.403. The lowest BCUT2D eigenvalue weighted by Crippen LogP contribution is -2.25. The van der Waals surface area contributed by atoms with Crippen molar-refractivity contribution in [3.05, 3.63) is 35.0 Å². The van der Waals surface area contributed by atoms with Crippen molar-refractivity contribution in [2.45, 2.75) is 25.4 Å². The number of carbonyl (C=O) groups is 1. The summed E-state index contributed by atoms with van der Waals surface area (Å²) >= 11 is 1.25. The minimum Gasteiger partial charge on any atom is -0.459 e. The van der Waals surface area contributed by atoms with Gasteiger partial charge in [0.15, 0.2) is 0 Å². The predicted molar refractivity (Wildman–Crippen MR) is 75.7 cm³/mol. The van der Waals surface area contributed by atoms with Gasteiger partial charge >= 0.3 is 5.97 Å². The molecule has 0 radical (unpaired) electrons. The molecule has 1 aromatic heterocycles. The standard InChI is InChI=1S/C15H15FO3S/c16-12-5-3-6-13-11(12)8-14(20-13)15(17)19-9-10-4-1-2-7-18-10/h3,5-6,8,10H,1-2,4,7,9H2. The van der Waals surface area contributed by atoms with Crippen LogP contribution in [0, 0.1) is 5.82 Å². The molecule has 0 amide bonds. The Balaban J connectivity index is 1.67. The molecule has 1 saturated heterocycles. The van der Waals surface area contributed by atoms with Crippen LogP contribution >= 0.6 is 11.3 Å². The summed E-state index contributed by atoms with van der Waals surface area (Å²) in [5, 5.41) is 0.471. The highest BCUT2D eigenvalue weighted by atomic mass is 32.1. The molecule has 0 N–H and O–H groups in total. The first kappa shape index (κ1) is 13.5. The molecule has 2 heterocycles. The molecule has 1 unspecified atom stereocenters.